The molecule has 0 saturated heterocycles. The first kappa shape index (κ1) is 21.4. The van der Waals surface area contributed by atoms with Crippen molar-refractivity contribution in [1.82, 2.24) is 0 Å². The second-order valence-corrected chi connectivity index (χ2v) is 7.84. The first-order chi connectivity index (χ1) is 15.4. The van der Waals surface area contributed by atoms with Crippen LogP contribution in [0.3, 0.4) is 0 Å². The molecule has 0 radical (unpaired) electrons. The Hall–Kier alpha value is -3.86. The molecule has 4 nitrogen and oxygen atoms in total. The molecule has 0 spiro atoms. The van der Waals surface area contributed by atoms with Crippen molar-refractivity contribution >= 4 is 28.1 Å². The molecule has 0 atom stereocenters. The zero-order valence-corrected chi connectivity index (χ0v) is 18.5. The number of rotatable bonds is 5. The highest BCUT2D eigenvalue weighted by molar-refractivity contribution is 6.05. The average molecular weight is 429 g/mol. The van der Waals surface area contributed by atoms with Gasteiger partial charge in [-0.2, -0.15) is 0 Å². The summed E-state index contributed by atoms with van der Waals surface area (Å²) in [7, 11) is 1.59. The molecular weight excluding hydrogens is 405 g/mol. The highest BCUT2D eigenvalue weighted by Gasteiger charge is 2.16. The van der Waals surface area contributed by atoms with Gasteiger partial charge in [-0.05, 0) is 67.8 Å². The van der Waals surface area contributed by atoms with Crippen LogP contribution in [0, 0.1) is 19.7 Å². The van der Waals surface area contributed by atoms with Crippen LogP contribution in [0.5, 0.6) is 5.75 Å². The Kier molecular flexibility index (Phi) is 5.82. The molecule has 1 N–H and O–H groups in total. The number of methoxy groups -OCH3 is 1. The van der Waals surface area contributed by atoms with Crippen LogP contribution in [0.1, 0.15) is 23.6 Å². The number of ether oxygens (including phenoxy) is 1. The van der Waals surface area contributed by atoms with Gasteiger partial charge in [0.15, 0.2) is 0 Å². The normalized spacial score (nSPS) is 11.6. The quantitative estimate of drug-likeness (QED) is 0.351. The monoisotopic (exact) mass is 429 g/mol. The minimum Gasteiger partial charge on any atom is -0.496 e. The second-order valence-electron chi connectivity index (χ2n) is 7.84. The van der Waals surface area contributed by atoms with E-state index in [9.17, 15) is 9.18 Å². The van der Waals surface area contributed by atoms with E-state index >= 15 is 0 Å². The molecule has 0 unspecified atom stereocenters. The van der Waals surface area contributed by atoms with Gasteiger partial charge in [0.25, 0.3) is 0 Å². The van der Waals surface area contributed by atoms with Crippen molar-refractivity contribution in [2.45, 2.75) is 20.8 Å². The fraction of sp³-hybridized carbons (Fsp3) is 0.148. The van der Waals surface area contributed by atoms with Crippen molar-refractivity contribution in [3.8, 4) is 16.9 Å². The Labute approximate surface area is 186 Å². The molecule has 32 heavy (non-hydrogen) atoms. The first-order valence-electron chi connectivity index (χ1n) is 10.3. The van der Waals surface area contributed by atoms with E-state index in [1.54, 1.807) is 13.4 Å². The van der Waals surface area contributed by atoms with Crippen LogP contribution < -0.4 is 10.1 Å². The molecule has 1 heterocycles. The molecule has 1 amide bonds. The summed E-state index contributed by atoms with van der Waals surface area (Å²) < 4.78 is 24.5. The lowest BCUT2D eigenvalue weighted by molar-refractivity contribution is -0.111. The number of furan rings is 1. The molecule has 0 bridgehead atoms. The molecule has 0 aliphatic heterocycles. The van der Waals surface area contributed by atoms with Crippen LogP contribution in [-0.4, -0.2) is 13.0 Å². The molecule has 1 aromatic heterocycles. The topological polar surface area (TPSA) is 51.5 Å². The largest absolute Gasteiger partial charge is 0.496 e. The third-order valence-corrected chi connectivity index (χ3v) is 5.45. The lowest BCUT2D eigenvalue weighted by Gasteiger charge is -2.11. The van der Waals surface area contributed by atoms with E-state index in [0.29, 0.717) is 17.0 Å². The van der Waals surface area contributed by atoms with Crippen molar-refractivity contribution < 1.29 is 18.3 Å². The fourth-order valence-electron chi connectivity index (χ4n) is 3.84. The van der Waals surface area contributed by atoms with E-state index in [2.05, 4.69) is 37.4 Å². The number of halogens is 1. The number of anilines is 1. The van der Waals surface area contributed by atoms with Crippen LogP contribution in [0.4, 0.5) is 10.1 Å². The summed E-state index contributed by atoms with van der Waals surface area (Å²) >= 11 is 0. The molecule has 0 aliphatic rings. The van der Waals surface area contributed by atoms with Crippen molar-refractivity contribution in [2.24, 2.45) is 0 Å². The molecular formula is C27H24FNO3. The molecule has 162 valence electrons. The summed E-state index contributed by atoms with van der Waals surface area (Å²) in [6, 6.07) is 15.8. The van der Waals surface area contributed by atoms with Gasteiger partial charge in [0.2, 0.25) is 5.91 Å². The Bertz CT molecular complexity index is 1330. The fourth-order valence-corrected chi connectivity index (χ4v) is 3.84. The zero-order valence-electron chi connectivity index (χ0n) is 18.5. The van der Waals surface area contributed by atoms with Crippen LogP contribution in [-0.2, 0) is 4.79 Å². The van der Waals surface area contributed by atoms with Crippen molar-refractivity contribution in [2.75, 3.05) is 12.4 Å². The van der Waals surface area contributed by atoms with Crippen LogP contribution >= 0.6 is 0 Å². The Morgan fingerprint density at radius 1 is 1.03 bits per heavy atom. The summed E-state index contributed by atoms with van der Waals surface area (Å²) in [4.78, 5) is 12.5. The molecule has 0 saturated carbocycles. The number of aryl methyl sites for hydroxylation is 2. The number of allylic oxidation sites excluding steroid dienone is 1. The van der Waals surface area contributed by atoms with E-state index in [1.807, 2.05) is 19.1 Å². The van der Waals surface area contributed by atoms with Gasteiger partial charge < -0.3 is 14.5 Å². The second kappa shape index (κ2) is 8.71. The molecule has 4 aromatic rings. The number of hydrogen-bond donors (Lipinski definition) is 1. The third-order valence-electron chi connectivity index (χ3n) is 5.45. The van der Waals surface area contributed by atoms with Gasteiger partial charge in [-0.25, -0.2) is 4.39 Å². The summed E-state index contributed by atoms with van der Waals surface area (Å²) in [5.74, 6) is -0.0482. The summed E-state index contributed by atoms with van der Waals surface area (Å²) in [5.41, 5.74) is 7.21. The van der Waals surface area contributed by atoms with E-state index in [0.717, 1.165) is 33.2 Å². The van der Waals surface area contributed by atoms with Gasteiger partial charge in [0.05, 0.1) is 13.4 Å². The number of fused-ring (bicyclic) bond motifs is 1. The van der Waals surface area contributed by atoms with Gasteiger partial charge in [0.1, 0.15) is 17.1 Å². The smallest absolute Gasteiger partial charge is 0.248 e. The number of carbonyl (C=O) groups is 1. The number of amides is 1. The predicted octanol–water partition coefficient (Wildman–Crippen LogP) is 6.91. The maximum Gasteiger partial charge on any atom is 0.248 e. The van der Waals surface area contributed by atoms with Gasteiger partial charge in [-0.3, -0.25) is 4.79 Å². The number of nitrogens with one attached hydrogen (secondary N) is 1. The highest BCUT2D eigenvalue weighted by atomic mass is 19.1. The molecule has 0 aliphatic carbocycles. The lowest BCUT2D eigenvalue weighted by Crippen LogP contribution is -2.08. The van der Waals surface area contributed by atoms with E-state index in [-0.39, 0.29) is 11.7 Å². The molecule has 0 fully saturated rings. The van der Waals surface area contributed by atoms with Gasteiger partial charge in [0, 0.05) is 34.3 Å². The lowest BCUT2D eigenvalue weighted by atomic mass is 9.96. The Balaban J connectivity index is 1.73. The minimum absolute atomic E-state index is 0.307. The third kappa shape index (κ3) is 4.28. The van der Waals surface area contributed by atoms with Crippen molar-refractivity contribution in [3.05, 3.63) is 89.4 Å². The SMILES string of the molecule is COc1cc2occ(-c3ccc(C)cc3C)c2cc1/C(C)=C/C(=O)Nc1ccc(F)cc1. The maximum atomic E-state index is 13.1. The van der Waals surface area contributed by atoms with E-state index in [1.165, 1.54) is 35.9 Å². The maximum absolute atomic E-state index is 13.1. The summed E-state index contributed by atoms with van der Waals surface area (Å²) in [6.07, 6.45) is 3.26. The molecule has 3 aromatic carbocycles. The van der Waals surface area contributed by atoms with Gasteiger partial charge >= 0.3 is 0 Å². The highest BCUT2D eigenvalue weighted by Crippen LogP contribution is 2.38. The number of hydrogen-bond acceptors (Lipinski definition) is 3. The Morgan fingerprint density at radius 3 is 2.47 bits per heavy atom. The predicted molar refractivity (Wildman–Crippen MR) is 126 cm³/mol. The van der Waals surface area contributed by atoms with Crippen molar-refractivity contribution in [3.63, 3.8) is 0 Å². The Morgan fingerprint density at radius 2 is 1.78 bits per heavy atom. The number of carbonyl (C=O) groups excluding carboxylic acids is 1. The van der Waals surface area contributed by atoms with Crippen LogP contribution in [0.25, 0.3) is 27.7 Å². The van der Waals surface area contributed by atoms with Crippen LogP contribution in [0.15, 0.2) is 71.4 Å². The minimum atomic E-state index is -0.354. The van der Waals surface area contributed by atoms with Crippen LogP contribution in [0.2, 0.25) is 0 Å². The van der Waals surface area contributed by atoms with Gasteiger partial charge in [-0.1, -0.05) is 23.8 Å². The van der Waals surface area contributed by atoms with E-state index < -0.39 is 0 Å². The molecule has 5 heteroatoms. The first-order valence-corrected chi connectivity index (χ1v) is 10.3. The summed E-state index contributed by atoms with van der Waals surface area (Å²) in [6.45, 7) is 6.00. The average Bonchev–Trinajstić information content (AvgIpc) is 3.17. The summed E-state index contributed by atoms with van der Waals surface area (Å²) in [5, 5.41) is 3.69. The van der Waals surface area contributed by atoms with E-state index in [4.69, 9.17) is 9.15 Å². The zero-order chi connectivity index (χ0) is 22.8. The van der Waals surface area contributed by atoms with Gasteiger partial charge in [-0.15, -0.1) is 0 Å². The van der Waals surface area contributed by atoms with Crippen molar-refractivity contribution in [1.29, 1.82) is 0 Å². The number of benzene rings is 3. The molecule has 4 rings (SSSR count). The standard InChI is InChI=1S/C27H24FNO3/c1-16-5-10-21(17(2)11-16)24-15-32-26-14-25(31-4)22(13-23(24)26)18(3)12-27(30)29-20-8-6-19(28)7-9-20/h5-15H,1-4H3,(H,29,30)/b18-12+.